The number of aromatic nitrogens is 1. The molecule has 20 heavy (non-hydrogen) atoms. The summed E-state index contributed by atoms with van der Waals surface area (Å²) < 4.78 is 38.3. The summed E-state index contributed by atoms with van der Waals surface area (Å²) in [6, 6.07) is 2.44. The third-order valence-electron chi connectivity index (χ3n) is 3.93. The molecule has 3 nitrogen and oxygen atoms in total. The first kappa shape index (κ1) is 15.1. The highest BCUT2D eigenvalue weighted by Crippen LogP contribution is 2.33. The topological polar surface area (TPSA) is 42.2 Å². The molecule has 0 aromatic carbocycles. The van der Waals surface area contributed by atoms with E-state index in [-0.39, 0.29) is 6.54 Å². The van der Waals surface area contributed by atoms with Gasteiger partial charge in [0.15, 0.2) is 0 Å². The molecule has 0 radical (unpaired) electrons. The molecule has 1 saturated heterocycles. The average Bonchev–Trinajstić information content (AvgIpc) is 2.86. The highest BCUT2D eigenvalue weighted by atomic mass is 19.4. The molecular weight excluding hydrogens is 267 g/mol. The normalized spacial score (nSPS) is 19.9. The van der Waals surface area contributed by atoms with Crippen molar-refractivity contribution in [1.82, 2.24) is 4.98 Å². The van der Waals surface area contributed by atoms with Crippen LogP contribution >= 0.6 is 0 Å². The average molecular weight is 287 g/mol. The molecule has 1 aromatic rings. The molecule has 6 heteroatoms. The van der Waals surface area contributed by atoms with Gasteiger partial charge in [0.1, 0.15) is 11.5 Å². The number of nitrogens with zero attached hydrogens (tertiary/aromatic N) is 2. The Hall–Kier alpha value is -1.30. The van der Waals surface area contributed by atoms with Gasteiger partial charge in [0.05, 0.1) is 0 Å². The van der Waals surface area contributed by atoms with Gasteiger partial charge in [0, 0.05) is 25.2 Å². The Kier molecular flexibility index (Phi) is 4.22. The van der Waals surface area contributed by atoms with Crippen molar-refractivity contribution in [2.75, 3.05) is 18.0 Å². The summed E-state index contributed by atoms with van der Waals surface area (Å²) in [4.78, 5) is 5.74. The minimum Gasteiger partial charge on any atom is -0.356 e. The minimum absolute atomic E-state index is 0.198. The zero-order valence-corrected chi connectivity index (χ0v) is 11.7. The molecule has 1 aromatic heterocycles. The van der Waals surface area contributed by atoms with Gasteiger partial charge in [0.2, 0.25) is 0 Å². The molecule has 2 heterocycles. The van der Waals surface area contributed by atoms with Crippen LogP contribution in [0.25, 0.3) is 0 Å². The van der Waals surface area contributed by atoms with Gasteiger partial charge in [-0.15, -0.1) is 0 Å². The van der Waals surface area contributed by atoms with E-state index in [1.54, 1.807) is 0 Å². The number of hydrogen-bond acceptors (Lipinski definition) is 3. The maximum atomic E-state index is 12.8. The lowest BCUT2D eigenvalue weighted by atomic mass is 9.95. The molecule has 1 atom stereocenters. The maximum absolute atomic E-state index is 12.8. The molecule has 0 saturated carbocycles. The summed E-state index contributed by atoms with van der Waals surface area (Å²) in [6.45, 7) is 5.96. The second kappa shape index (κ2) is 5.60. The smallest absolute Gasteiger partial charge is 0.356 e. The van der Waals surface area contributed by atoms with E-state index in [2.05, 4.69) is 18.8 Å². The molecule has 0 aliphatic carbocycles. The van der Waals surface area contributed by atoms with Crippen LogP contribution < -0.4 is 10.6 Å². The molecular formula is C14H20F3N3. The van der Waals surface area contributed by atoms with Gasteiger partial charge in [-0.05, 0) is 24.3 Å². The van der Waals surface area contributed by atoms with E-state index in [0.717, 1.165) is 25.6 Å². The third-order valence-corrected chi connectivity index (χ3v) is 3.93. The Balaban J connectivity index is 2.30. The van der Waals surface area contributed by atoms with E-state index in [4.69, 9.17) is 5.73 Å². The molecule has 2 rings (SSSR count). The van der Waals surface area contributed by atoms with E-state index in [1.165, 1.54) is 6.07 Å². The van der Waals surface area contributed by atoms with Crippen LogP contribution in [0.5, 0.6) is 0 Å². The van der Waals surface area contributed by atoms with Crippen molar-refractivity contribution in [3.05, 3.63) is 23.4 Å². The predicted molar refractivity (Wildman–Crippen MR) is 72.3 cm³/mol. The number of rotatable bonds is 3. The van der Waals surface area contributed by atoms with Crippen molar-refractivity contribution in [1.29, 1.82) is 0 Å². The van der Waals surface area contributed by atoms with Gasteiger partial charge < -0.3 is 10.6 Å². The third kappa shape index (κ3) is 3.06. The molecule has 1 aliphatic rings. The zero-order chi connectivity index (χ0) is 14.9. The van der Waals surface area contributed by atoms with Crippen LogP contribution in [-0.2, 0) is 12.7 Å². The van der Waals surface area contributed by atoms with Crippen LogP contribution in [0.2, 0.25) is 0 Å². The fourth-order valence-corrected chi connectivity index (χ4v) is 2.59. The minimum atomic E-state index is -4.42. The standard InChI is InChI=1S/C14H20F3N3/c1-9(2)11-5-6-20(8-11)13-10(7-18)3-4-12(19-13)14(15,16)17/h3-4,9,11H,5-8,18H2,1-2H3. The highest BCUT2D eigenvalue weighted by molar-refractivity contribution is 5.49. The van der Waals surface area contributed by atoms with Gasteiger partial charge in [-0.3, -0.25) is 0 Å². The Labute approximate surface area is 117 Å². The van der Waals surface area contributed by atoms with Crippen LogP contribution in [0.1, 0.15) is 31.5 Å². The van der Waals surface area contributed by atoms with Gasteiger partial charge in [-0.2, -0.15) is 13.2 Å². The lowest BCUT2D eigenvalue weighted by Crippen LogP contribution is -2.25. The fraction of sp³-hybridized carbons (Fsp3) is 0.643. The van der Waals surface area contributed by atoms with Crippen LogP contribution in [0.3, 0.4) is 0 Å². The largest absolute Gasteiger partial charge is 0.433 e. The lowest BCUT2D eigenvalue weighted by Gasteiger charge is -2.22. The van der Waals surface area contributed by atoms with Crippen LogP contribution in [0.4, 0.5) is 19.0 Å². The summed E-state index contributed by atoms with van der Waals surface area (Å²) >= 11 is 0. The van der Waals surface area contributed by atoms with Crippen LogP contribution in [0.15, 0.2) is 12.1 Å². The summed E-state index contributed by atoms with van der Waals surface area (Å²) in [7, 11) is 0. The van der Waals surface area contributed by atoms with Crippen molar-refractivity contribution >= 4 is 5.82 Å². The van der Waals surface area contributed by atoms with E-state index < -0.39 is 11.9 Å². The number of halogens is 3. The molecule has 1 fully saturated rings. The highest BCUT2D eigenvalue weighted by Gasteiger charge is 2.34. The Bertz CT molecular complexity index is 471. The second-order valence-corrected chi connectivity index (χ2v) is 5.62. The quantitative estimate of drug-likeness (QED) is 0.929. The molecule has 0 spiro atoms. The Morgan fingerprint density at radius 2 is 2.10 bits per heavy atom. The van der Waals surface area contributed by atoms with E-state index in [0.29, 0.717) is 23.2 Å². The summed E-state index contributed by atoms with van der Waals surface area (Å²) in [6.07, 6.45) is -3.43. The van der Waals surface area contributed by atoms with Crippen molar-refractivity contribution in [3.63, 3.8) is 0 Å². The van der Waals surface area contributed by atoms with Gasteiger partial charge >= 0.3 is 6.18 Å². The van der Waals surface area contributed by atoms with E-state index in [1.807, 2.05) is 4.90 Å². The molecule has 0 bridgehead atoms. The van der Waals surface area contributed by atoms with Crippen molar-refractivity contribution in [3.8, 4) is 0 Å². The first-order valence-corrected chi connectivity index (χ1v) is 6.85. The molecule has 112 valence electrons. The van der Waals surface area contributed by atoms with Crippen molar-refractivity contribution < 1.29 is 13.2 Å². The lowest BCUT2D eigenvalue weighted by molar-refractivity contribution is -0.141. The SMILES string of the molecule is CC(C)C1CCN(c2nc(C(F)(F)F)ccc2CN)C1. The number of nitrogens with two attached hydrogens (primary N) is 1. The first-order chi connectivity index (χ1) is 9.32. The Morgan fingerprint density at radius 3 is 2.60 bits per heavy atom. The monoisotopic (exact) mass is 287 g/mol. The van der Waals surface area contributed by atoms with Crippen molar-refractivity contribution in [2.45, 2.75) is 33.0 Å². The molecule has 1 unspecified atom stereocenters. The van der Waals surface area contributed by atoms with Crippen LogP contribution in [-0.4, -0.2) is 18.1 Å². The summed E-state index contributed by atoms with van der Waals surface area (Å²) in [5.41, 5.74) is 5.44. The van der Waals surface area contributed by atoms with E-state index in [9.17, 15) is 13.2 Å². The molecule has 2 N–H and O–H groups in total. The number of alkyl halides is 3. The molecule has 0 amide bonds. The number of hydrogen-bond donors (Lipinski definition) is 1. The van der Waals surface area contributed by atoms with Crippen molar-refractivity contribution in [2.24, 2.45) is 17.6 Å². The van der Waals surface area contributed by atoms with Crippen LogP contribution in [0, 0.1) is 11.8 Å². The summed E-state index contributed by atoms with van der Waals surface area (Å²) in [5, 5.41) is 0. The first-order valence-electron chi connectivity index (χ1n) is 6.85. The molecule has 1 aliphatic heterocycles. The second-order valence-electron chi connectivity index (χ2n) is 5.62. The fourth-order valence-electron chi connectivity index (χ4n) is 2.59. The zero-order valence-electron chi connectivity index (χ0n) is 11.7. The Morgan fingerprint density at radius 1 is 1.40 bits per heavy atom. The number of pyridine rings is 1. The summed E-state index contributed by atoms with van der Waals surface area (Å²) in [5.74, 6) is 1.41. The predicted octanol–water partition coefficient (Wildman–Crippen LogP) is 3.04. The van der Waals surface area contributed by atoms with Gasteiger partial charge in [-0.1, -0.05) is 19.9 Å². The maximum Gasteiger partial charge on any atom is 0.433 e. The van der Waals surface area contributed by atoms with E-state index >= 15 is 0 Å². The number of anilines is 1. The van der Waals surface area contributed by atoms with Gasteiger partial charge in [0.25, 0.3) is 0 Å². The van der Waals surface area contributed by atoms with Gasteiger partial charge in [-0.25, -0.2) is 4.98 Å².